The van der Waals surface area contributed by atoms with Crippen LogP contribution >= 0.6 is 0 Å². The molecule has 1 aromatic carbocycles. The van der Waals surface area contributed by atoms with Gasteiger partial charge in [0.05, 0.1) is 17.6 Å². The van der Waals surface area contributed by atoms with Gasteiger partial charge in [-0.05, 0) is 24.6 Å². The molecule has 1 atom stereocenters. The SMILES string of the molecule is C[C@@H](Nc1ncnc2c1cnn2C)c1ccc2c(c1)OCO2. The number of benzene rings is 1. The van der Waals surface area contributed by atoms with Crippen molar-refractivity contribution in [1.82, 2.24) is 19.7 Å². The maximum absolute atomic E-state index is 5.42. The van der Waals surface area contributed by atoms with Crippen molar-refractivity contribution in [1.29, 1.82) is 0 Å². The van der Waals surface area contributed by atoms with Gasteiger partial charge in [-0.1, -0.05) is 6.07 Å². The molecule has 7 heteroatoms. The molecule has 0 saturated heterocycles. The highest BCUT2D eigenvalue weighted by Gasteiger charge is 2.17. The Kier molecular flexibility index (Phi) is 2.85. The van der Waals surface area contributed by atoms with Gasteiger partial charge in [0.25, 0.3) is 0 Å². The number of hydrogen-bond acceptors (Lipinski definition) is 6. The number of hydrogen-bond donors (Lipinski definition) is 1. The Labute approximate surface area is 126 Å². The lowest BCUT2D eigenvalue weighted by atomic mass is 10.1. The molecule has 1 N–H and O–H groups in total. The van der Waals surface area contributed by atoms with Gasteiger partial charge in [0.1, 0.15) is 12.1 Å². The number of nitrogens with one attached hydrogen (secondary N) is 1. The first-order valence-corrected chi connectivity index (χ1v) is 7.01. The molecule has 0 amide bonds. The summed E-state index contributed by atoms with van der Waals surface area (Å²) in [7, 11) is 1.86. The van der Waals surface area contributed by atoms with Gasteiger partial charge >= 0.3 is 0 Å². The van der Waals surface area contributed by atoms with E-state index in [1.165, 1.54) is 0 Å². The number of anilines is 1. The summed E-state index contributed by atoms with van der Waals surface area (Å²) < 4.78 is 12.5. The maximum atomic E-state index is 5.42. The molecule has 0 aliphatic carbocycles. The van der Waals surface area contributed by atoms with Crippen LogP contribution in [0.2, 0.25) is 0 Å². The van der Waals surface area contributed by atoms with Crippen LogP contribution in [0, 0.1) is 0 Å². The number of nitrogens with zero attached hydrogens (tertiary/aromatic N) is 4. The number of fused-ring (bicyclic) bond motifs is 2. The molecule has 1 aliphatic rings. The summed E-state index contributed by atoms with van der Waals surface area (Å²) in [5.41, 5.74) is 1.90. The van der Waals surface area contributed by atoms with Gasteiger partial charge < -0.3 is 14.8 Å². The van der Waals surface area contributed by atoms with Crippen LogP contribution in [0.1, 0.15) is 18.5 Å². The van der Waals surface area contributed by atoms with Crippen LogP contribution in [0.25, 0.3) is 11.0 Å². The van der Waals surface area contributed by atoms with Crippen LogP contribution in [0.4, 0.5) is 5.82 Å². The lowest BCUT2D eigenvalue weighted by molar-refractivity contribution is 0.174. The van der Waals surface area contributed by atoms with E-state index in [1.54, 1.807) is 17.2 Å². The molecule has 0 bridgehead atoms. The fraction of sp³-hybridized carbons (Fsp3) is 0.267. The quantitative estimate of drug-likeness (QED) is 0.799. The lowest BCUT2D eigenvalue weighted by Crippen LogP contribution is -2.08. The van der Waals surface area contributed by atoms with Crippen molar-refractivity contribution in [2.24, 2.45) is 7.05 Å². The van der Waals surface area contributed by atoms with Gasteiger partial charge in [-0.15, -0.1) is 0 Å². The standard InChI is InChI=1S/C15H15N5O2/c1-9(10-3-4-12-13(5-10)22-8-21-12)19-14-11-6-18-20(2)15(11)17-7-16-14/h3-7,9H,8H2,1-2H3,(H,16,17,19)/t9-/m1/s1. The average Bonchev–Trinajstić information content (AvgIpc) is 3.14. The van der Waals surface area contributed by atoms with Crippen LogP contribution in [0.5, 0.6) is 11.5 Å². The number of rotatable bonds is 3. The van der Waals surface area contributed by atoms with Crippen LogP contribution < -0.4 is 14.8 Å². The molecule has 3 aromatic rings. The second-order valence-electron chi connectivity index (χ2n) is 5.21. The van der Waals surface area contributed by atoms with E-state index in [1.807, 2.05) is 25.2 Å². The summed E-state index contributed by atoms with van der Waals surface area (Å²) in [5.74, 6) is 2.33. The van der Waals surface area contributed by atoms with E-state index in [9.17, 15) is 0 Å². The first-order valence-electron chi connectivity index (χ1n) is 7.01. The second kappa shape index (κ2) is 4.87. The molecular formula is C15H15N5O2. The van der Waals surface area contributed by atoms with Gasteiger partial charge in [0, 0.05) is 7.05 Å². The Morgan fingerprint density at radius 1 is 1.23 bits per heavy atom. The Bertz CT molecular complexity index is 845. The highest BCUT2D eigenvalue weighted by Crippen LogP contribution is 2.35. The Morgan fingerprint density at radius 3 is 3.00 bits per heavy atom. The maximum Gasteiger partial charge on any atom is 0.231 e. The predicted molar refractivity (Wildman–Crippen MR) is 80.9 cm³/mol. The molecule has 0 saturated carbocycles. The molecule has 22 heavy (non-hydrogen) atoms. The second-order valence-corrected chi connectivity index (χ2v) is 5.21. The minimum Gasteiger partial charge on any atom is -0.454 e. The monoisotopic (exact) mass is 297 g/mol. The van der Waals surface area contributed by atoms with Crippen LogP contribution in [-0.4, -0.2) is 26.5 Å². The van der Waals surface area contributed by atoms with E-state index >= 15 is 0 Å². The van der Waals surface area contributed by atoms with E-state index in [-0.39, 0.29) is 12.8 Å². The van der Waals surface area contributed by atoms with Crippen LogP contribution in [0.3, 0.4) is 0 Å². The van der Waals surface area contributed by atoms with Gasteiger partial charge in [0.15, 0.2) is 17.1 Å². The zero-order valence-corrected chi connectivity index (χ0v) is 12.3. The lowest BCUT2D eigenvalue weighted by Gasteiger charge is -2.15. The topological polar surface area (TPSA) is 74.1 Å². The summed E-state index contributed by atoms with van der Waals surface area (Å²) in [6.45, 7) is 2.35. The third-order valence-corrected chi connectivity index (χ3v) is 3.78. The Hall–Kier alpha value is -2.83. The van der Waals surface area contributed by atoms with Gasteiger partial charge in [-0.25, -0.2) is 9.97 Å². The minimum absolute atomic E-state index is 0.0628. The normalized spacial score (nSPS) is 14.3. The van der Waals surface area contributed by atoms with Crippen molar-refractivity contribution >= 4 is 16.9 Å². The molecular weight excluding hydrogens is 282 g/mol. The summed E-state index contributed by atoms with van der Waals surface area (Å²) >= 11 is 0. The van der Waals surface area contributed by atoms with E-state index in [0.29, 0.717) is 0 Å². The highest BCUT2D eigenvalue weighted by molar-refractivity contribution is 5.86. The smallest absolute Gasteiger partial charge is 0.231 e. The van der Waals surface area contributed by atoms with Gasteiger partial charge in [-0.3, -0.25) is 4.68 Å². The van der Waals surface area contributed by atoms with E-state index in [2.05, 4.69) is 27.3 Å². The molecule has 4 rings (SSSR count). The van der Waals surface area contributed by atoms with Crippen molar-refractivity contribution in [3.05, 3.63) is 36.3 Å². The van der Waals surface area contributed by atoms with Crippen molar-refractivity contribution in [3.8, 4) is 11.5 Å². The number of aromatic nitrogens is 4. The first-order chi connectivity index (χ1) is 10.7. The summed E-state index contributed by atoms with van der Waals surface area (Å²) in [4.78, 5) is 8.57. The predicted octanol–water partition coefficient (Wildman–Crippen LogP) is 2.27. The molecule has 7 nitrogen and oxygen atoms in total. The summed E-state index contributed by atoms with van der Waals surface area (Å²) in [6.07, 6.45) is 3.31. The van der Waals surface area contributed by atoms with Crippen molar-refractivity contribution in [2.75, 3.05) is 12.1 Å². The van der Waals surface area contributed by atoms with E-state index < -0.39 is 0 Å². The molecule has 2 aromatic heterocycles. The highest BCUT2D eigenvalue weighted by atomic mass is 16.7. The number of ether oxygens (including phenoxy) is 2. The fourth-order valence-corrected chi connectivity index (χ4v) is 2.55. The molecule has 3 heterocycles. The third kappa shape index (κ3) is 2.02. The molecule has 112 valence electrons. The van der Waals surface area contributed by atoms with Crippen LogP contribution in [0.15, 0.2) is 30.7 Å². The first kappa shape index (κ1) is 12.9. The molecule has 0 unspecified atom stereocenters. The van der Waals surface area contributed by atoms with Crippen molar-refractivity contribution < 1.29 is 9.47 Å². The largest absolute Gasteiger partial charge is 0.454 e. The minimum atomic E-state index is 0.0628. The zero-order chi connectivity index (χ0) is 15.1. The summed E-state index contributed by atoms with van der Waals surface area (Å²) in [5, 5.41) is 8.53. The Balaban J connectivity index is 1.64. The third-order valence-electron chi connectivity index (χ3n) is 3.78. The van der Waals surface area contributed by atoms with E-state index in [0.717, 1.165) is 33.9 Å². The van der Waals surface area contributed by atoms with Crippen molar-refractivity contribution in [2.45, 2.75) is 13.0 Å². The van der Waals surface area contributed by atoms with Crippen LogP contribution in [-0.2, 0) is 7.05 Å². The van der Waals surface area contributed by atoms with Gasteiger partial charge in [-0.2, -0.15) is 5.10 Å². The molecule has 0 spiro atoms. The molecule has 0 fully saturated rings. The van der Waals surface area contributed by atoms with Crippen molar-refractivity contribution in [3.63, 3.8) is 0 Å². The molecule has 1 aliphatic heterocycles. The average molecular weight is 297 g/mol. The number of aryl methyl sites for hydroxylation is 1. The molecule has 0 radical (unpaired) electrons. The Morgan fingerprint density at radius 2 is 2.09 bits per heavy atom. The van der Waals surface area contributed by atoms with E-state index in [4.69, 9.17) is 9.47 Å². The fourth-order valence-electron chi connectivity index (χ4n) is 2.55. The zero-order valence-electron chi connectivity index (χ0n) is 12.3. The summed E-state index contributed by atoms with van der Waals surface area (Å²) in [6, 6.07) is 6.00. The van der Waals surface area contributed by atoms with Gasteiger partial charge in [0.2, 0.25) is 6.79 Å².